The van der Waals surface area contributed by atoms with Gasteiger partial charge in [0.1, 0.15) is 12.1 Å². The maximum atomic E-state index is 8.98. The Hall–Kier alpha value is -2.79. The van der Waals surface area contributed by atoms with Crippen LogP contribution in [0.3, 0.4) is 0 Å². The van der Waals surface area contributed by atoms with Crippen LogP contribution >= 0.6 is 0 Å². The Bertz CT molecular complexity index is 672. The van der Waals surface area contributed by atoms with E-state index in [0.29, 0.717) is 17.7 Å². The number of hydrogen-bond donors (Lipinski definition) is 1. The van der Waals surface area contributed by atoms with E-state index >= 15 is 0 Å². The summed E-state index contributed by atoms with van der Waals surface area (Å²) in [5.74, 6) is 0. The first-order valence-electron chi connectivity index (χ1n) is 6.46. The zero-order chi connectivity index (χ0) is 14.4. The molecule has 0 aliphatic heterocycles. The van der Waals surface area contributed by atoms with Crippen molar-refractivity contribution in [3.05, 3.63) is 47.3 Å². The zero-order valence-corrected chi connectivity index (χ0v) is 11.3. The summed E-state index contributed by atoms with van der Waals surface area (Å²) in [5.41, 5.74) is 2.69. The molecule has 0 amide bonds. The molecular weight excluding hydrogens is 250 g/mol. The van der Waals surface area contributed by atoms with Crippen molar-refractivity contribution >= 4 is 5.69 Å². The number of aromatic nitrogens is 2. The Morgan fingerprint density at radius 3 is 2.75 bits per heavy atom. The third-order valence-corrected chi connectivity index (χ3v) is 2.90. The molecule has 0 spiro atoms. The number of hydrogen-bond acceptors (Lipinski definition) is 4. The molecule has 0 atom stereocenters. The molecule has 20 heavy (non-hydrogen) atoms. The minimum Gasteiger partial charge on any atom is -0.381 e. The molecule has 0 unspecified atom stereocenters. The first-order chi connectivity index (χ1) is 9.76. The van der Waals surface area contributed by atoms with Crippen LogP contribution < -0.4 is 5.32 Å². The Kier molecular flexibility index (Phi) is 4.36. The van der Waals surface area contributed by atoms with Gasteiger partial charge >= 0.3 is 0 Å². The quantitative estimate of drug-likeness (QED) is 0.901. The van der Waals surface area contributed by atoms with E-state index in [4.69, 9.17) is 10.5 Å². The fourth-order valence-corrected chi connectivity index (χ4v) is 1.90. The molecule has 0 saturated carbocycles. The van der Waals surface area contributed by atoms with Crippen LogP contribution in [0.25, 0.3) is 0 Å². The van der Waals surface area contributed by atoms with E-state index in [9.17, 15) is 0 Å². The minimum atomic E-state index is 0.388. The van der Waals surface area contributed by atoms with Crippen LogP contribution in [0.5, 0.6) is 0 Å². The van der Waals surface area contributed by atoms with Crippen molar-refractivity contribution in [1.82, 2.24) is 9.78 Å². The van der Waals surface area contributed by atoms with Gasteiger partial charge in [-0.2, -0.15) is 15.6 Å². The van der Waals surface area contributed by atoms with Gasteiger partial charge in [0.2, 0.25) is 0 Å². The molecule has 0 aliphatic rings. The normalized spacial score (nSPS) is 9.75. The molecule has 1 aromatic carbocycles. The van der Waals surface area contributed by atoms with Crippen molar-refractivity contribution in [3.63, 3.8) is 0 Å². The summed E-state index contributed by atoms with van der Waals surface area (Å²) in [4.78, 5) is 0. The molecular formula is C15H15N5. The molecule has 0 fully saturated rings. The monoisotopic (exact) mass is 265 g/mol. The van der Waals surface area contributed by atoms with E-state index in [1.807, 2.05) is 29.2 Å². The van der Waals surface area contributed by atoms with Gasteiger partial charge in [0.05, 0.1) is 17.3 Å². The second-order valence-electron chi connectivity index (χ2n) is 4.45. The van der Waals surface area contributed by atoms with Gasteiger partial charge in [-0.05, 0) is 24.6 Å². The Balaban J connectivity index is 2.03. The lowest BCUT2D eigenvalue weighted by atomic mass is 10.1. The Morgan fingerprint density at radius 2 is 2.05 bits per heavy atom. The first-order valence-corrected chi connectivity index (χ1v) is 6.46. The van der Waals surface area contributed by atoms with Gasteiger partial charge in [-0.1, -0.05) is 6.92 Å². The average molecular weight is 265 g/mol. The summed E-state index contributed by atoms with van der Waals surface area (Å²) in [6.45, 7) is 3.66. The smallest absolute Gasteiger partial charge is 0.101 e. The van der Waals surface area contributed by atoms with E-state index in [1.54, 1.807) is 18.2 Å². The van der Waals surface area contributed by atoms with Gasteiger partial charge in [-0.25, -0.2) is 0 Å². The van der Waals surface area contributed by atoms with Crippen molar-refractivity contribution in [3.8, 4) is 12.1 Å². The number of benzene rings is 1. The molecule has 0 saturated heterocycles. The molecule has 100 valence electrons. The largest absolute Gasteiger partial charge is 0.381 e. The van der Waals surface area contributed by atoms with Crippen LogP contribution in [0.2, 0.25) is 0 Å². The predicted octanol–water partition coefficient (Wildman–Crippen LogP) is 2.65. The Labute approximate surface area is 118 Å². The summed E-state index contributed by atoms with van der Waals surface area (Å²) >= 11 is 0. The van der Waals surface area contributed by atoms with Crippen molar-refractivity contribution < 1.29 is 0 Å². The molecule has 1 heterocycles. The summed E-state index contributed by atoms with van der Waals surface area (Å²) in [6, 6.07) is 9.17. The number of nitrogens with zero attached hydrogens (tertiary/aromatic N) is 4. The standard InChI is InChI=1S/C15H15N5/c1-2-5-20-11-12(10-19-20)9-18-15-4-3-13(7-16)14(6-15)8-17/h3-4,6,10-11,18H,2,5,9H2,1H3. The molecule has 1 aromatic heterocycles. The lowest BCUT2D eigenvalue weighted by molar-refractivity contribution is 0.602. The van der Waals surface area contributed by atoms with Crippen LogP contribution in [0.1, 0.15) is 30.0 Å². The minimum absolute atomic E-state index is 0.388. The number of anilines is 1. The zero-order valence-electron chi connectivity index (χ0n) is 11.3. The summed E-state index contributed by atoms with van der Waals surface area (Å²) in [6.07, 6.45) is 4.89. The lowest BCUT2D eigenvalue weighted by Crippen LogP contribution is -2.00. The summed E-state index contributed by atoms with van der Waals surface area (Å²) < 4.78 is 1.91. The highest BCUT2D eigenvalue weighted by molar-refractivity contribution is 5.56. The summed E-state index contributed by atoms with van der Waals surface area (Å²) in [7, 11) is 0. The van der Waals surface area contributed by atoms with Crippen molar-refractivity contribution in [2.24, 2.45) is 0 Å². The van der Waals surface area contributed by atoms with Gasteiger partial charge in [-0.15, -0.1) is 0 Å². The topological polar surface area (TPSA) is 77.4 Å². The molecule has 5 nitrogen and oxygen atoms in total. The van der Waals surface area contributed by atoms with E-state index < -0.39 is 0 Å². The SMILES string of the molecule is CCCn1cc(CNc2ccc(C#N)c(C#N)c2)cn1. The van der Waals surface area contributed by atoms with E-state index in [0.717, 1.165) is 24.2 Å². The predicted molar refractivity (Wildman–Crippen MR) is 75.7 cm³/mol. The highest BCUT2D eigenvalue weighted by Crippen LogP contribution is 2.15. The maximum Gasteiger partial charge on any atom is 0.101 e. The highest BCUT2D eigenvalue weighted by Gasteiger charge is 2.03. The third kappa shape index (κ3) is 3.15. The highest BCUT2D eigenvalue weighted by atomic mass is 15.3. The number of nitrogens with one attached hydrogen (secondary N) is 1. The van der Waals surface area contributed by atoms with Gasteiger partial charge in [-0.3, -0.25) is 4.68 Å². The second kappa shape index (κ2) is 6.40. The van der Waals surface area contributed by atoms with Gasteiger partial charge < -0.3 is 5.32 Å². The van der Waals surface area contributed by atoms with E-state index in [1.165, 1.54) is 0 Å². The molecule has 0 bridgehead atoms. The molecule has 2 aromatic rings. The van der Waals surface area contributed by atoms with Crippen LogP contribution in [0, 0.1) is 22.7 Å². The van der Waals surface area contributed by atoms with Gasteiger partial charge in [0.15, 0.2) is 0 Å². The van der Waals surface area contributed by atoms with Crippen LogP contribution in [0.4, 0.5) is 5.69 Å². The molecule has 2 rings (SSSR count). The fraction of sp³-hybridized carbons (Fsp3) is 0.267. The fourth-order valence-electron chi connectivity index (χ4n) is 1.90. The van der Waals surface area contributed by atoms with Crippen molar-refractivity contribution in [1.29, 1.82) is 10.5 Å². The van der Waals surface area contributed by atoms with Crippen LogP contribution in [0.15, 0.2) is 30.6 Å². The Morgan fingerprint density at radius 1 is 1.25 bits per heavy atom. The molecule has 0 radical (unpaired) electrons. The average Bonchev–Trinajstić information content (AvgIpc) is 2.93. The lowest BCUT2D eigenvalue weighted by Gasteiger charge is -2.05. The molecule has 1 N–H and O–H groups in total. The number of aryl methyl sites for hydroxylation is 1. The number of nitriles is 2. The van der Waals surface area contributed by atoms with E-state index in [-0.39, 0.29) is 0 Å². The molecule has 5 heteroatoms. The number of rotatable bonds is 5. The van der Waals surface area contributed by atoms with Crippen LogP contribution in [-0.2, 0) is 13.1 Å². The van der Waals surface area contributed by atoms with Crippen molar-refractivity contribution in [2.75, 3.05) is 5.32 Å². The second-order valence-corrected chi connectivity index (χ2v) is 4.45. The van der Waals surface area contributed by atoms with E-state index in [2.05, 4.69) is 17.3 Å². The molecule has 0 aliphatic carbocycles. The van der Waals surface area contributed by atoms with Gasteiger partial charge in [0.25, 0.3) is 0 Å². The van der Waals surface area contributed by atoms with Gasteiger partial charge in [0, 0.05) is 30.5 Å². The van der Waals surface area contributed by atoms with Crippen molar-refractivity contribution in [2.45, 2.75) is 26.4 Å². The third-order valence-electron chi connectivity index (χ3n) is 2.90. The van der Waals surface area contributed by atoms with Crippen LogP contribution in [-0.4, -0.2) is 9.78 Å². The summed E-state index contributed by atoms with van der Waals surface area (Å²) in [5, 5.41) is 25.3. The first kappa shape index (κ1) is 13.6. The maximum absolute atomic E-state index is 8.98.